The van der Waals surface area contributed by atoms with Crippen molar-refractivity contribution in [2.75, 3.05) is 19.4 Å². The molecular weight excluding hydrogens is 262 g/mol. The van der Waals surface area contributed by atoms with Crippen molar-refractivity contribution in [3.05, 3.63) is 0 Å². The fourth-order valence-corrected chi connectivity index (χ4v) is 5.21. The molecule has 4 aliphatic carbocycles. The van der Waals surface area contributed by atoms with Crippen LogP contribution < -0.4 is 4.72 Å². The largest absolute Gasteiger partial charge is 0.378 e. The van der Waals surface area contributed by atoms with Crippen molar-refractivity contribution in [3.8, 4) is 0 Å². The van der Waals surface area contributed by atoms with E-state index in [1.54, 1.807) is 0 Å². The molecule has 110 valence electrons. The van der Waals surface area contributed by atoms with Crippen molar-refractivity contribution in [1.29, 1.82) is 0 Å². The van der Waals surface area contributed by atoms with Gasteiger partial charge in [-0.05, 0) is 62.2 Å². The molecular formula is C14H25NO3S. The second-order valence-electron chi connectivity index (χ2n) is 6.79. The van der Waals surface area contributed by atoms with Crippen LogP contribution in [0.25, 0.3) is 0 Å². The van der Waals surface area contributed by atoms with Gasteiger partial charge in [-0.2, -0.15) is 0 Å². The van der Waals surface area contributed by atoms with Crippen molar-refractivity contribution in [2.45, 2.75) is 44.6 Å². The van der Waals surface area contributed by atoms with E-state index >= 15 is 0 Å². The smallest absolute Gasteiger partial charge is 0.208 e. The average Bonchev–Trinajstić information content (AvgIpc) is 2.29. The Morgan fingerprint density at radius 2 is 1.63 bits per heavy atom. The summed E-state index contributed by atoms with van der Waals surface area (Å²) in [4.78, 5) is 0. The van der Waals surface area contributed by atoms with Crippen LogP contribution in [-0.2, 0) is 14.8 Å². The summed E-state index contributed by atoms with van der Waals surface area (Å²) >= 11 is 0. The molecule has 0 atom stereocenters. The molecule has 0 spiro atoms. The summed E-state index contributed by atoms with van der Waals surface area (Å²) in [5.74, 6) is 3.54. The molecule has 0 saturated heterocycles. The maximum absolute atomic E-state index is 10.9. The molecule has 1 N–H and O–H groups in total. The van der Waals surface area contributed by atoms with Gasteiger partial charge in [0.2, 0.25) is 10.0 Å². The molecule has 4 nitrogen and oxygen atoms in total. The van der Waals surface area contributed by atoms with Crippen molar-refractivity contribution in [2.24, 2.45) is 23.7 Å². The van der Waals surface area contributed by atoms with E-state index in [2.05, 4.69) is 4.72 Å². The van der Waals surface area contributed by atoms with E-state index in [0.717, 1.165) is 30.1 Å². The highest BCUT2D eigenvalue weighted by atomic mass is 32.2. The van der Waals surface area contributed by atoms with E-state index in [1.807, 2.05) is 0 Å². The highest BCUT2D eigenvalue weighted by molar-refractivity contribution is 7.88. The summed E-state index contributed by atoms with van der Waals surface area (Å²) in [6, 6.07) is 0. The lowest BCUT2D eigenvalue weighted by atomic mass is 9.55. The third-order valence-corrected chi connectivity index (χ3v) is 5.86. The molecule has 0 heterocycles. The second kappa shape index (κ2) is 5.34. The minimum Gasteiger partial charge on any atom is -0.378 e. The Kier molecular flexibility index (Phi) is 3.89. The van der Waals surface area contributed by atoms with Gasteiger partial charge < -0.3 is 4.74 Å². The lowest BCUT2D eigenvalue weighted by Gasteiger charge is -2.54. The quantitative estimate of drug-likeness (QED) is 0.758. The van der Waals surface area contributed by atoms with Gasteiger partial charge in [0, 0.05) is 13.2 Å². The van der Waals surface area contributed by atoms with Gasteiger partial charge in [-0.25, -0.2) is 13.1 Å². The molecule has 5 heteroatoms. The zero-order valence-electron chi connectivity index (χ0n) is 11.7. The number of hydrogen-bond donors (Lipinski definition) is 1. The molecule has 4 rings (SSSR count). The van der Waals surface area contributed by atoms with Gasteiger partial charge in [-0.3, -0.25) is 0 Å². The first-order chi connectivity index (χ1) is 9.01. The summed E-state index contributed by atoms with van der Waals surface area (Å²) in [6.45, 7) is 1.18. The van der Waals surface area contributed by atoms with Crippen LogP contribution in [0.5, 0.6) is 0 Å². The highest BCUT2D eigenvalue weighted by Crippen LogP contribution is 2.54. The predicted octanol–water partition coefficient (Wildman–Crippen LogP) is 1.77. The van der Waals surface area contributed by atoms with E-state index in [4.69, 9.17) is 4.74 Å². The molecule has 0 aromatic carbocycles. The van der Waals surface area contributed by atoms with Crippen molar-refractivity contribution < 1.29 is 13.2 Å². The Balaban J connectivity index is 1.41. The van der Waals surface area contributed by atoms with E-state index in [1.165, 1.54) is 38.4 Å². The molecule has 4 fully saturated rings. The Morgan fingerprint density at radius 3 is 2.16 bits per heavy atom. The molecule has 0 radical (unpaired) electrons. The lowest BCUT2D eigenvalue weighted by molar-refractivity contribution is -0.126. The van der Waals surface area contributed by atoms with E-state index in [-0.39, 0.29) is 0 Å². The van der Waals surface area contributed by atoms with Crippen LogP contribution in [-0.4, -0.2) is 33.9 Å². The van der Waals surface area contributed by atoms with Crippen molar-refractivity contribution in [3.63, 3.8) is 0 Å². The van der Waals surface area contributed by atoms with E-state index in [0.29, 0.717) is 19.3 Å². The van der Waals surface area contributed by atoms with Gasteiger partial charge in [-0.1, -0.05) is 0 Å². The van der Waals surface area contributed by atoms with E-state index in [9.17, 15) is 8.42 Å². The van der Waals surface area contributed by atoms with Crippen LogP contribution in [0.4, 0.5) is 0 Å². The third-order valence-electron chi connectivity index (χ3n) is 5.14. The van der Waals surface area contributed by atoms with Crippen LogP contribution in [0.15, 0.2) is 0 Å². The SMILES string of the molecule is CS(=O)(=O)NCCCOC1C2CC3CC(C2)CC1C3. The Bertz CT molecular complexity index is 392. The molecule has 0 aromatic rings. The molecule has 4 bridgehead atoms. The van der Waals surface area contributed by atoms with Gasteiger partial charge in [0.25, 0.3) is 0 Å². The van der Waals surface area contributed by atoms with E-state index < -0.39 is 10.0 Å². The summed E-state index contributed by atoms with van der Waals surface area (Å²) in [6.07, 6.45) is 9.40. The van der Waals surface area contributed by atoms with Gasteiger partial charge in [0.05, 0.1) is 12.4 Å². The standard InChI is InChI=1S/C14H25NO3S/c1-19(16,17)15-3-2-4-18-14-12-6-10-5-11(8-12)9-13(14)7-10/h10-15H,2-9H2,1H3. The minimum absolute atomic E-state index is 0.464. The van der Waals surface area contributed by atoms with Gasteiger partial charge in [-0.15, -0.1) is 0 Å². The molecule has 19 heavy (non-hydrogen) atoms. The third kappa shape index (κ3) is 3.31. The minimum atomic E-state index is -3.05. The normalized spacial score (nSPS) is 40.8. The van der Waals surface area contributed by atoms with Crippen LogP contribution in [0.3, 0.4) is 0 Å². The molecule has 4 saturated carbocycles. The van der Waals surface area contributed by atoms with Crippen molar-refractivity contribution >= 4 is 10.0 Å². The fourth-order valence-electron chi connectivity index (χ4n) is 4.70. The molecule has 0 unspecified atom stereocenters. The summed E-state index contributed by atoms with van der Waals surface area (Å²) < 4.78 is 30.5. The topological polar surface area (TPSA) is 55.4 Å². The molecule has 4 aliphatic rings. The monoisotopic (exact) mass is 287 g/mol. The molecule has 0 amide bonds. The van der Waals surface area contributed by atoms with Gasteiger partial charge in [0.1, 0.15) is 0 Å². The first-order valence-corrected chi connectivity index (χ1v) is 9.46. The number of ether oxygens (including phenoxy) is 1. The van der Waals surface area contributed by atoms with Crippen LogP contribution in [0.2, 0.25) is 0 Å². The lowest BCUT2D eigenvalue weighted by Crippen LogP contribution is -2.49. The first kappa shape index (κ1) is 13.8. The fraction of sp³-hybridized carbons (Fsp3) is 1.00. The number of hydrogen-bond acceptors (Lipinski definition) is 3. The maximum Gasteiger partial charge on any atom is 0.208 e. The van der Waals surface area contributed by atoms with Crippen molar-refractivity contribution in [1.82, 2.24) is 4.72 Å². The van der Waals surface area contributed by atoms with Crippen LogP contribution in [0, 0.1) is 23.7 Å². The average molecular weight is 287 g/mol. The summed E-state index contributed by atoms with van der Waals surface area (Å²) in [7, 11) is -3.05. The van der Waals surface area contributed by atoms with Crippen LogP contribution >= 0.6 is 0 Å². The maximum atomic E-state index is 10.9. The summed E-state index contributed by atoms with van der Waals surface area (Å²) in [5.41, 5.74) is 0. The number of nitrogens with one attached hydrogen (secondary N) is 1. The number of rotatable bonds is 6. The number of sulfonamides is 1. The molecule has 0 aliphatic heterocycles. The Labute approximate surface area is 116 Å². The van der Waals surface area contributed by atoms with Crippen LogP contribution in [0.1, 0.15) is 38.5 Å². The molecule has 0 aromatic heterocycles. The highest BCUT2D eigenvalue weighted by Gasteiger charge is 2.48. The zero-order valence-corrected chi connectivity index (χ0v) is 12.5. The Morgan fingerprint density at radius 1 is 1.05 bits per heavy atom. The second-order valence-corrected chi connectivity index (χ2v) is 8.62. The zero-order chi connectivity index (χ0) is 13.5. The Hall–Kier alpha value is -0.130. The first-order valence-electron chi connectivity index (χ1n) is 7.57. The summed E-state index contributed by atoms with van der Waals surface area (Å²) in [5, 5.41) is 0. The predicted molar refractivity (Wildman–Crippen MR) is 74.2 cm³/mol. The van der Waals surface area contributed by atoms with Gasteiger partial charge >= 0.3 is 0 Å². The van der Waals surface area contributed by atoms with Gasteiger partial charge in [0.15, 0.2) is 0 Å².